The van der Waals surface area contributed by atoms with E-state index in [4.69, 9.17) is 10.8 Å². The van der Waals surface area contributed by atoms with E-state index in [0.717, 1.165) is 6.07 Å². The number of hydrogen-bond donors (Lipinski definition) is 3. The van der Waals surface area contributed by atoms with Gasteiger partial charge in [0, 0.05) is 24.3 Å². The van der Waals surface area contributed by atoms with E-state index >= 15 is 0 Å². The Morgan fingerprint density at radius 2 is 2.00 bits per heavy atom. The van der Waals surface area contributed by atoms with Crippen LogP contribution in [0.1, 0.15) is 18.0 Å². The smallest absolute Gasteiger partial charge is 0.168 e. The van der Waals surface area contributed by atoms with Gasteiger partial charge in [0.15, 0.2) is 11.6 Å². The van der Waals surface area contributed by atoms with Gasteiger partial charge in [-0.2, -0.15) is 0 Å². The molecule has 0 aliphatic heterocycles. The molecular formula is C9H11F2NO2. The molecule has 1 rings (SSSR count). The minimum atomic E-state index is -1.05. The fraction of sp³-hybridized carbons (Fsp3) is 0.333. The van der Waals surface area contributed by atoms with Crippen molar-refractivity contribution in [3.8, 4) is 5.75 Å². The number of rotatable bonds is 3. The number of hydrogen-bond acceptors (Lipinski definition) is 3. The van der Waals surface area contributed by atoms with E-state index in [2.05, 4.69) is 0 Å². The second-order valence-electron chi connectivity index (χ2n) is 2.94. The number of benzene rings is 1. The summed E-state index contributed by atoms with van der Waals surface area (Å²) < 4.78 is 25.6. The molecule has 1 atom stereocenters. The van der Waals surface area contributed by atoms with E-state index in [-0.39, 0.29) is 18.6 Å². The largest absolute Gasteiger partial charge is 0.505 e. The monoisotopic (exact) mass is 203 g/mol. The molecule has 14 heavy (non-hydrogen) atoms. The lowest BCUT2D eigenvalue weighted by atomic mass is 10.0. The fourth-order valence-electron chi connectivity index (χ4n) is 1.16. The minimum absolute atomic E-state index is 0.0310. The molecule has 4 N–H and O–H groups in total. The van der Waals surface area contributed by atoms with Gasteiger partial charge in [-0.25, -0.2) is 8.78 Å². The molecule has 0 spiro atoms. The molecule has 0 aliphatic rings. The third kappa shape index (κ3) is 2.18. The Morgan fingerprint density at radius 1 is 1.36 bits per heavy atom. The van der Waals surface area contributed by atoms with Crippen LogP contribution in [-0.2, 0) is 0 Å². The Hall–Kier alpha value is -1.20. The zero-order valence-electron chi connectivity index (χ0n) is 7.37. The summed E-state index contributed by atoms with van der Waals surface area (Å²) in [5, 5.41) is 17.8. The molecule has 0 aromatic heterocycles. The summed E-state index contributed by atoms with van der Waals surface area (Å²) in [4.78, 5) is 0. The summed E-state index contributed by atoms with van der Waals surface area (Å²) in [5.41, 5.74) is 5.46. The van der Waals surface area contributed by atoms with E-state index in [0.29, 0.717) is 6.07 Å². The van der Waals surface area contributed by atoms with Gasteiger partial charge in [0.25, 0.3) is 0 Å². The number of nitrogens with two attached hydrogens (primary N) is 1. The van der Waals surface area contributed by atoms with E-state index < -0.39 is 23.4 Å². The van der Waals surface area contributed by atoms with Crippen LogP contribution >= 0.6 is 0 Å². The first-order valence-electron chi connectivity index (χ1n) is 4.10. The Bertz CT molecular complexity index is 331. The molecule has 0 saturated carbocycles. The van der Waals surface area contributed by atoms with Gasteiger partial charge in [0.1, 0.15) is 5.82 Å². The van der Waals surface area contributed by atoms with Crippen LogP contribution in [0.25, 0.3) is 0 Å². The highest BCUT2D eigenvalue weighted by atomic mass is 19.1. The molecule has 0 heterocycles. The second kappa shape index (κ2) is 4.34. The molecule has 0 bridgehead atoms. The summed E-state index contributed by atoms with van der Waals surface area (Å²) in [6.45, 7) is -0.210. The Balaban J connectivity index is 3.07. The van der Waals surface area contributed by atoms with Gasteiger partial charge in [-0.05, 0) is 12.5 Å². The number of halogens is 2. The summed E-state index contributed by atoms with van der Waals surface area (Å²) in [5.74, 6) is -2.51. The van der Waals surface area contributed by atoms with Gasteiger partial charge in [-0.3, -0.25) is 0 Å². The molecular weight excluding hydrogens is 192 g/mol. The predicted octanol–water partition coefficient (Wildman–Crippen LogP) is 1.05. The van der Waals surface area contributed by atoms with Gasteiger partial charge in [-0.1, -0.05) is 0 Å². The van der Waals surface area contributed by atoms with Crippen LogP contribution in [-0.4, -0.2) is 16.8 Å². The fourth-order valence-corrected chi connectivity index (χ4v) is 1.16. The Kier molecular flexibility index (Phi) is 3.38. The van der Waals surface area contributed by atoms with Crippen LogP contribution in [0.4, 0.5) is 8.78 Å². The third-order valence-corrected chi connectivity index (χ3v) is 1.90. The number of phenolic OH excluding ortho intramolecular Hbond substituents is 1. The number of aromatic hydroxyl groups is 1. The number of aliphatic hydroxyl groups excluding tert-OH is 1. The first kappa shape index (κ1) is 10.9. The van der Waals surface area contributed by atoms with Crippen LogP contribution in [0.15, 0.2) is 12.1 Å². The van der Waals surface area contributed by atoms with Gasteiger partial charge >= 0.3 is 0 Å². The van der Waals surface area contributed by atoms with Crippen molar-refractivity contribution in [1.82, 2.24) is 0 Å². The van der Waals surface area contributed by atoms with E-state index in [1.807, 2.05) is 0 Å². The highest BCUT2D eigenvalue weighted by Crippen LogP contribution is 2.28. The molecule has 1 aromatic carbocycles. The van der Waals surface area contributed by atoms with Gasteiger partial charge < -0.3 is 15.9 Å². The predicted molar refractivity (Wildman–Crippen MR) is 46.7 cm³/mol. The van der Waals surface area contributed by atoms with E-state index in [1.54, 1.807) is 0 Å². The van der Waals surface area contributed by atoms with Crippen molar-refractivity contribution in [2.45, 2.75) is 12.5 Å². The van der Waals surface area contributed by atoms with E-state index in [9.17, 15) is 13.9 Å². The van der Waals surface area contributed by atoms with Crippen LogP contribution in [0.2, 0.25) is 0 Å². The molecule has 0 amide bonds. The van der Waals surface area contributed by atoms with Gasteiger partial charge in [-0.15, -0.1) is 0 Å². The quantitative estimate of drug-likeness (QED) is 0.688. The van der Waals surface area contributed by atoms with Crippen molar-refractivity contribution in [1.29, 1.82) is 0 Å². The Morgan fingerprint density at radius 3 is 2.57 bits per heavy atom. The molecule has 3 nitrogen and oxygen atoms in total. The lowest BCUT2D eigenvalue weighted by Crippen LogP contribution is -2.12. The summed E-state index contributed by atoms with van der Waals surface area (Å²) in [6, 6.07) is 0.758. The molecule has 0 radical (unpaired) electrons. The SMILES string of the molecule is NC(CCO)c1cc(F)cc(F)c1O. The highest BCUT2D eigenvalue weighted by Gasteiger charge is 2.15. The molecule has 0 fully saturated rings. The van der Waals surface area contributed by atoms with Crippen molar-refractivity contribution in [2.75, 3.05) is 6.61 Å². The van der Waals surface area contributed by atoms with Crippen molar-refractivity contribution in [2.24, 2.45) is 5.73 Å². The number of aliphatic hydroxyl groups is 1. The van der Waals surface area contributed by atoms with Crippen molar-refractivity contribution in [3.05, 3.63) is 29.3 Å². The van der Waals surface area contributed by atoms with Gasteiger partial charge in [0.05, 0.1) is 0 Å². The summed E-state index contributed by atoms with van der Waals surface area (Å²) in [7, 11) is 0. The maximum atomic E-state index is 12.8. The summed E-state index contributed by atoms with van der Waals surface area (Å²) >= 11 is 0. The van der Waals surface area contributed by atoms with Crippen LogP contribution < -0.4 is 5.73 Å². The average molecular weight is 203 g/mol. The third-order valence-electron chi connectivity index (χ3n) is 1.90. The number of phenols is 1. The van der Waals surface area contributed by atoms with Gasteiger partial charge in [0.2, 0.25) is 0 Å². The standard InChI is InChI=1S/C9H11F2NO2/c10-5-3-6(8(12)1-2-13)9(14)7(11)4-5/h3-4,8,13-14H,1-2,12H2. The summed E-state index contributed by atoms with van der Waals surface area (Å²) in [6.07, 6.45) is 0.135. The lowest BCUT2D eigenvalue weighted by molar-refractivity contribution is 0.274. The average Bonchev–Trinajstić information content (AvgIpc) is 2.11. The molecule has 0 aliphatic carbocycles. The normalized spacial score (nSPS) is 12.9. The topological polar surface area (TPSA) is 66.5 Å². The van der Waals surface area contributed by atoms with Crippen molar-refractivity contribution in [3.63, 3.8) is 0 Å². The molecule has 0 saturated heterocycles. The van der Waals surface area contributed by atoms with Crippen LogP contribution in [0.3, 0.4) is 0 Å². The van der Waals surface area contributed by atoms with E-state index in [1.165, 1.54) is 0 Å². The maximum Gasteiger partial charge on any atom is 0.168 e. The molecule has 1 aromatic rings. The first-order valence-corrected chi connectivity index (χ1v) is 4.10. The zero-order chi connectivity index (χ0) is 10.7. The van der Waals surface area contributed by atoms with Crippen molar-refractivity contribution < 1.29 is 19.0 Å². The zero-order valence-corrected chi connectivity index (χ0v) is 7.37. The second-order valence-corrected chi connectivity index (χ2v) is 2.94. The first-order chi connectivity index (χ1) is 6.56. The van der Waals surface area contributed by atoms with Crippen molar-refractivity contribution >= 4 is 0 Å². The van der Waals surface area contributed by atoms with Crippen LogP contribution in [0.5, 0.6) is 5.75 Å². The molecule has 5 heteroatoms. The van der Waals surface area contributed by atoms with Crippen LogP contribution in [0, 0.1) is 11.6 Å². The molecule has 1 unspecified atom stereocenters. The Labute approximate surface area is 79.8 Å². The molecule has 78 valence electrons. The minimum Gasteiger partial charge on any atom is -0.505 e. The maximum absolute atomic E-state index is 12.8. The lowest BCUT2D eigenvalue weighted by Gasteiger charge is -2.12. The highest BCUT2D eigenvalue weighted by molar-refractivity contribution is 5.36.